The lowest BCUT2D eigenvalue weighted by atomic mass is 10.1. The minimum Gasteiger partial charge on any atom is -0.508 e. The maximum Gasteiger partial charge on any atom is 0.341 e. The van der Waals surface area contributed by atoms with Crippen LogP contribution in [-0.4, -0.2) is 23.5 Å². The zero-order chi connectivity index (χ0) is 12.8. The molecule has 4 heteroatoms. The van der Waals surface area contributed by atoms with Gasteiger partial charge in [0.25, 0.3) is 0 Å². The molecule has 1 aromatic rings. The van der Waals surface area contributed by atoms with Gasteiger partial charge < -0.3 is 9.84 Å². The van der Waals surface area contributed by atoms with Gasteiger partial charge in [-0.1, -0.05) is 12.1 Å². The van der Waals surface area contributed by atoms with E-state index in [0.29, 0.717) is 5.56 Å². The van der Waals surface area contributed by atoms with Gasteiger partial charge in [0.2, 0.25) is 0 Å². The predicted octanol–water partition coefficient (Wildman–Crippen LogP) is 1.93. The Balaban J connectivity index is 3.02. The highest BCUT2D eigenvalue weighted by molar-refractivity contribution is 6.19. The van der Waals surface area contributed by atoms with Crippen LogP contribution < -0.4 is 0 Å². The van der Waals surface area contributed by atoms with Crippen molar-refractivity contribution >= 4 is 17.8 Å². The van der Waals surface area contributed by atoms with Gasteiger partial charge in [0.15, 0.2) is 5.78 Å². The number of carbonyl (C=O) groups is 2. The van der Waals surface area contributed by atoms with E-state index < -0.39 is 5.97 Å². The van der Waals surface area contributed by atoms with Gasteiger partial charge in [-0.3, -0.25) is 4.79 Å². The van der Waals surface area contributed by atoms with E-state index in [2.05, 4.69) is 0 Å². The van der Waals surface area contributed by atoms with Gasteiger partial charge in [-0.05, 0) is 37.6 Å². The summed E-state index contributed by atoms with van der Waals surface area (Å²) >= 11 is 0. The van der Waals surface area contributed by atoms with Crippen molar-refractivity contribution in [1.82, 2.24) is 0 Å². The molecule has 0 aliphatic heterocycles. The first-order chi connectivity index (χ1) is 8.04. The van der Waals surface area contributed by atoms with Crippen LogP contribution in [0.5, 0.6) is 5.75 Å². The number of hydrogen-bond donors (Lipinski definition) is 1. The normalized spacial score (nSPS) is 11.1. The Morgan fingerprint density at radius 3 is 2.35 bits per heavy atom. The molecule has 4 nitrogen and oxygen atoms in total. The standard InChI is InChI=1S/C13H14O4/c1-3-17-13(16)12(9(2)14)8-10-4-6-11(15)7-5-10/h4-8,15H,3H2,1-2H3/b12-8-. The number of phenols is 1. The molecule has 0 spiro atoms. The van der Waals surface area contributed by atoms with E-state index in [4.69, 9.17) is 9.84 Å². The molecule has 0 saturated heterocycles. The predicted molar refractivity (Wildman–Crippen MR) is 63.4 cm³/mol. The van der Waals surface area contributed by atoms with Gasteiger partial charge in [0, 0.05) is 0 Å². The fourth-order valence-corrected chi connectivity index (χ4v) is 1.25. The van der Waals surface area contributed by atoms with E-state index in [1.807, 2.05) is 0 Å². The number of rotatable bonds is 4. The molecule has 0 aliphatic rings. The van der Waals surface area contributed by atoms with Crippen LogP contribution in [0.25, 0.3) is 6.08 Å². The number of aromatic hydroxyl groups is 1. The first kappa shape index (κ1) is 13.0. The number of ketones is 1. The lowest BCUT2D eigenvalue weighted by molar-refractivity contribution is -0.139. The molecule has 1 rings (SSSR count). The first-order valence-corrected chi connectivity index (χ1v) is 5.23. The summed E-state index contributed by atoms with van der Waals surface area (Å²) < 4.78 is 4.78. The lowest BCUT2D eigenvalue weighted by Gasteiger charge is -2.03. The smallest absolute Gasteiger partial charge is 0.341 e. The molecule has 17 heavy (non-hydrogen) atoms. The molecule has 0 bridgehead atoms. The fourth-order valence-electron chi connectivity index (χ4n) is 1.25. The van der Waals surface area contributed by atoms with Gasteiger partial charge in [0.1, 0.15) is 11.3 Å². The Bertz CT molecular complexity index is 443. The maximum atomic E-state index is 11.5. The van der Waals surface area contributed by atoms with Crippen LogP contribution in [0.15, 0.2) is 29.8 Å². The van der Waals surface area contributed by atoms with E-state index in [1.54, 1.807) is 19.1 Å². The van der Waals surface area contributed by atoms with E-state index in [9.17, 15) is 9.59 Å². The molecule has 0 amide bonds. The van der Waals surface area contributed by atoms with Crippen LogP contribution in [0.3, 0.4) is 0 Å². The molecule has 0 heterocycles. The van der Waals surface area contributed by atoms with Crippen molar-refractivity contribution in [2.24, 2.45) is 0 Å². The number of Topliss-reactive ketones (excluding diaryl/α,β-unsaturated/α-hetero) is 1. The molecule has 0 aliphatic carbocycles. The van der Waals surface area contributed by atoms with Crippen LogP contribution in [-0.2, 0) is 14.3 Å². The minimum absolute atomic E-state index is 0.00228. The molecular formula is C13H14O4. The van der Waals surface area contributed by atoms with Crippen molar-refractivity contribution in [3.05, 3.63) is 35.4 Å². The summed E-state index contributed by atoms with van der Waals surface area (Å²) in [6.45, 7) is 3.21. The van der Waals surface area contributed by atoms with Gasteiger partial charge in [-0.15, -0.1) is 0 Å². The summed E-state index contributed by atoms with van der Waals surface area (Å²) in [7, 11) is 0. The van der Waals surface area contributed by atoms with E-state index in [0.717, 1.165) is 0 Å². The summed E-state index contributed by atoms with van der Waals surface area (Å²) in [5.41, 5.74) is 0.651. The van der Waals surface area contributed by atoms with Crippen molar-refractivity contribution in [3.8, 4) is 5.75 Å². The zero-order valence-electron chi connectivity index (χ0n) is 9.77. The van der Waals surface area contributed by atoms with Crippen LogP contribution in [0, 0.1) is 0 Å². The van der Waals surface area contributed by atoms with E-state index in [1.165, 1.54) is 25.1 Å². The molecule has 0 aromatic heterocycles. The molecule has 0 unspecified atom stereocenters. The second-order valence-electron chi connectivity index (χ2n) is 3.43. The van der Waals surface area contributed by atoms with Gasteiger partial charge in [-0.2, -0.15) is 0 Å². The van der Waals surface area contributed by atoms with Crippen molar-refractivity contribution in [1.29, 1.82) is 0 Å². The average molecular weight is 234 g/mol. The summed E-state index contributed by atoms with van der Waals surface area (Å²) in [4.78, 5) is 22.8. The van der Waals surface area contributed by atoms with E-state index >= 15 is 0 Å². The SMILES string of the molecule is CCOC(=O)/C(=C\c1ccc(O)cc1)C(C)=O. The summed E-state index contributed by atoms with van der Waals surface area (Å²) in [6, 6.07) is 6.18. The van der Waals surface area contributed by atoms with Crippen LogP contribution in [0.1, 0.15) is 19.4 Å². The van der Waals surface area contributed by atoms with Gasteiger partial charge in [0.05, 0.1) is 6.61 Å². The Labute approximate surface area is 99.5 Å². The second-order valence-corrected chi connectivity index (χ2v) is 3.43. The maximum absolute atomic E-state index is 11.5. The molecule has 90 valence electrons. The molecule has 0 saturated carbocycles. The van der Waals surface area contributed by atoms with Crippen molar-refractivity contribution in [2.75, 3.05) is 6.61 Å². The first-order valence-electron chi connectivity index (χ1n) is 5.23. The van der Waals surface area contributed by atoms with Crippen LogP contribution >= 0.6 is 0 Å². The molecule has 0 fully saturated rings. The number of phenolic OH excluding ortho intramolecular Hbond substituents is 1. The third kappa shape index (κ3) is 3.75. The Morgan fingerprint density at radius 1 is 1.29 bits per heavy atom. The third-order valence-electron chi connectivity index (χ3n) is 2.08. The fraction of sp³-hybridized carbons (Fsp3) is 0.231. The third-order valence-corrected chi connectivity index (χ3v) is 2.08. The molecule has 0 radical (unpaired) electrons. The highest BCUT2D eigenvalue weighted by atomic mass is 16.5. The molecule has 1 aromatic carbocycles. The van der Waals surface area contributed by atoms with Crippen molar-refractivity contribution in [3.63, 3.8) is 0 Å². The van der Waals surface area contributed by atoms with E-state index in [-0.39, 0.29) is 23.7 Å². The lowest BCUT2D eigenvalue weighted by Crippen LogP contribution is -2.13. The molecular weight excluding hydrogens is 220 g/mol. The summed E-state index contributed by atoms with van der Waals surface area (Å²) in [6.07, 6.45) is 1.44. The topological polar surface area (TPSA) is 63.6 Å². The summed E-state index contributed by atoms with van der Waals surface area (Å²) in [5.74, 6) is -0.854. The van der Waals surface area contributed by atoms with Gasteiger partial charge in [-0.25, -0.2) is 4.79 Å². The number of ether oxygens (including phenoxy) is 1. The molecule has 0 atom stereocenters. The summed E-state index contributed by atoms with van der Waals surface area (Å²) in [5, 5.41) is 9.11. The van der Waals surface area contributed by atoms with Crippen molar-refractivity contribution < 1.29 is 19.4 Å². The highest BCUT2D eigenvalue weighted by Crippen LogP contribution is 2.14. The monoisotopic (exact) mass is 234 g/mol. The Morgan fingerprint density at radius 2 is 1.88 bits per heavy atom. The number of benzene rings is 1. The Kier molecular flexibility index (Phi) is 4.46. The number of hydrogen-bond acceptors (Lipinski definition) is 4. The quantitative estimate of drug-likeness (QED) is 0.374. The largest absolute Gasteiger partial charge is 0.508 e. The van der Waals surface area contributed by atoms with Crippen LogP contribution in [0.2, 0.25) is 0 Å². The second kappa shape index (κ2) is 5.84. The van der Waals surface area contributed by atoms with Crippen LogP contribution in [0.4, 0.5) is 0 Å². The minimum atomic E-state index is -0.631. The highest BCUT2D eigenvalue weighted by Gasteiger charge is 2.15. The number of carbonyl (C=O) groups excluding carboxylic acids is 2. The van der Waals surface area contributed by atoms with Gasteiger partial charge >= 0.3 is 5.97 Å². The van der Waals surface area contributed by atoms with Crippen molar-refractivity contribution in [2.45, 2.75) is 13.8 Å². The Hall–Kier alpha value is -2.10. The number of esters is 1. The zero-order valence-corrected chi connectivity index (χ0v) is 9.77. The average Bonchev–Trinajstić information content (AvgIpc) is 2.28. The molecule has 1 N–H and O–H groups in total.